The van der Waals surface area contributed by atoms with Crippen LogP contribution in [0.15, 0.2) is 30.3 Å². The van der Waals surface area contributed by atoms with Crippen molar-refractivity contribution in [1.29, 1.82) is 0 Å². The van der Waals surface area contributed by atoms with Gasteiger partial charge in [0, 0.05) is 11.1 Å². The molecular weight excluding hydrogens is 170 g/mol. The summed E-state index contributed by atoms with van der Waals surface area (Å²) in [5, 5.41) is 1.26. The highest BCUT2D eigenvalue weighted by atomic mass is 14.7. The Labute approximate surface area is 84.8 Å². The van der Waals surface area contributed by atoms with Gasteiger partial charge in [0.25, 0.3) is 0 Å². The molecule has 0 unspecified atom stereocenters. The molecule has 1 nitrogen and oxygen atoms in total. The molecule has 1 heteroatoms. The minimum absolute atomic E-state index is 0.500. The summed E-state index contributed by atoms with van der Waals surface area (Å²) in [6, 6.07) is 10.6. The van der Waals surface area contributed by atoms with Gasteiger partial charge in [-0.05, 0) is 30.5 Å². The Morgan fingerprint density at radius 3 is 2.57 bits per heavy atom. The van der Waals surface area contributed by atoms with Crippen LogP contribution in [-0.4, -0.2) is 4.98 Å². The molecule has 0 aliphatic heterocycles. The molecular formula is C13H15N. The van der Waals surface area contributed by atoms with E-state index in [1.54, 1.807) is 0 Å². The number of aryl methyl sites for hydroxylation is 1. The van der Waals surface area contributed by atoms with Crippen molar-refractivity contribution in [1.82, 2.24) is 4.98 Å². The molecule has 0 aliphatic carbocycles. The van der Waals surface area contributed by atoms with Crippen LogP contribution in [0.3, 0.4) is 0 Å². The van der Waals surface area contributed by atoms with Gasteiger partial charge in [0.15, 0.2) is 0 Å². The molecule has 0 atom stereocenters. The molecule has 1 heterocycles. The van der Waals surface area contributed by atoms with Crippen molar-refractivity contribution in [3.63, 3.8) is 0 Å². The first-order valence-corrected chi connectivity index (χ1v) is 5.05. The van der Waals surface area contributed by atoms with Gasteiger partial charge in [0.1, 0.15) is 0 Å². The van der Waals surface area contributed by atoms with Crippen LogP contribution < -0.4 is 0 Å². The Hall–Kier alpha value is -1.37. The number of fused-ring (bicyclic) bond motifs is 1. The lowest BCUT2D eigenvalue weighted by Crippen LogP contribution is -1.92. The maximum atomic E-state index is 4.64. The maximum Gasteiger partial charge on any atom is 0.0708 e. The quantitative estimate of drug-likeness (QED) is 0.660. The van der Waals surface area contributed by atoms with E-state index in [-0.39, 0.29) is 0 Å². The monoisotopic (exact) mass is 185 g/mol. The summed E-state index contributed by atoms with van der Waals surface area (Å²) >= 11 is 0. The minimum atomic E-state index is 0.500. The lowest BCUT2D eigenvalue weighted by molar-refractivity contribution is 0.830. The first-order chi connectivity index (χ1) is 6.68. The van der Waals surface area contributed by atoms with E-state index >= 15 is 0 Å². The topological polar surface area (TPSA) is 12.9 Å². The molecule has 0 radical (unpaired) electrons. The summed E-state index contributed by atoms with van der Waals surface area (Å²) in [6.07, 6.45) is 0. The van der Waals surface area contributed by atoms with Crippen molar-refractivity contribution < 1.29 is 0 Å². The lowest BCUT2D eigenvalue weighted by atomic mass is 10.1. The number of nitrogens with zero attached hydrogens (tertiary/aromatic N) is 1. The Bertz CT molecular complexity index is 458. The molecule has 0 bridgehead atoms. The second-order valence-corrected chi connectivity index (χ2v) is 4.03. The molecule has 0 N–H and O–H groups in total. The Morgan fingerprint density at radius 1 is 1.07 bits per heavy atom. The maximum absolute atomic E-state index is 4.64. The third kappa shape index (κ3) is 1.50. The molecule has 0 amide bonds. The largest absolute Gasteiger partial charge is 0.253 e. The molecule has 14 heavy (non-hydrogen) atoms. The first-order valence-electron chi connectivity index (χ1n) is 5.05. The van der Waals surface area contributed by atoms with Gasteiger partial charge in [0.05, 0.1) is 5.52 Å². The van der Waals surface area contributed by atoms with Crippen LogP contribution >= 0.6 is 0 Å². The van der Waals surface area contributed by atoms with E-state index in [1.165, 1.54) is 16.6 Å². The second-order valence-electron chi connectivity index (χ2n) is 4.03. The van der Waals surface area contributed by atoms with Gasteiger partial charge in [0.2, 0.25) is 0 Å². The van der Waals surface area contributed by atoms with Gasteiger partial charge in [-0.2, -0.15) is 0 Å². The van der Waals surface area contributed by atoms with E-state index in [9.17, 15) is 0 Å². The van der Waals surface area contributed by atoms with Crippen LogP contribution in [0.25, 0.3) is 10.9 Å². The van der Waals surface area contributed by atoms with Crippen LogP contribution in [0.2, 0.25) is 0 Å². The van der Waals surface area contributed by atoms with Gasteiger partial charge in [-0.25, -0.2) is 0 Å². The predicted molar refractivity (Wildman–Crippen MR) is 60.6 cm³/mol. The third-order valence-corrected chi connectivity index (χ3v) is 2.56. The molecule has 0 spiro atoms. The molecule has 0 saturated heterocycles. The predicted octanol–water partition coefficient (Wildman–Crippen LogP) is 3.67. The molecule has 1 aromatic carbocycles. The zero-order valence-corrected chi connectivity index (χ0v) is 8.91. The van der Waals surface area contributed by atoms with E-state index in [0.717, 1.165) is 5.52 Å². The summed E-state index contributed by atoms with van der Waals surface area (Å²) in [4.78, 5) is 4.64. The number of aromatic nitrogens is 1. The number of pyridine rings is 1. The van der Waals surface area contributed by atoms with Crippen molar-refractivity contribution in [2.45, 2.75) is 26.7 Å². The van der Waals surface area contributed by atoms with E-state index in [4.69, 9.17) is 0 Å². The van der Waals surface area contributed by atoms with Crippen molar-refractivity contribution in [2.75, 3.05) is 0 Å². The van der Waals surface area contributed by atoms with E-state index < -0.39 is 0 Å². The van der Waals surface area contributed by atoms with Gasteiger partial charge in [-0.15, -0.1) is 0 Å². The van der Waals surface area contributed by atoms with Crippen LogP contribution in [0, 0.1) is 6.92 Å². The van der Waals surface area contributed by atoms with Crippen molar-refractivity contribution in [3.8, 4) is 0 Å². The van der Waals surface area contributed by atoms with Crippen LogP contribution in [0.1, 0.15) is 31.0 Å². The van der Waals surface area contributed by atoms with Gasteiger partial charge in [-0.3, -0.25) is 4.98 Å². The van der Waals surface area contributed by atoms with Gasteiger partial charge >= 0.3 is 0 Å². The van der Waals surface area contributed by atoms with Gasteiger partial charge < -0.3 is 0 Å². The molecule has 2 aromatic rings. The summed E-state index contributed by atoms with van der Waals surface area (Å²) in [5.41, 5.74) is 3.57. The Kier molecular flexibility index (Phi) is 2.24. The SMILES string of the molecule is Cc1cccc2nc(C(C)C)ccc12. The summed E-state index contributed by atoms with van der Waals surface area (Å²) in [7, 11) is 0. The van der Waals surface area contributed by atoms with Crippen LogP contribution in [0.4, 0.5) is 0 Å². The molecule has 1 aromatic heterocycles. The highest BCUT2D eigenvalue weighted by molar-refractivity contribution is 5.82. The smallest absolute Gasteiger partial charge is 0.0708 e. The average molecular weight is 185 g/mol. The lowest BCUT2D eigenvalue weighted by Gasteiger charge is -2.06. The summed E-state index contributed by atoms with van der Waals surface area (Å²) in [5.74, 6) is 0.500. The standard InChI is InChI=1S/C13H15N/c1-9(2)12-8-7-11-10(3)5-4-6-13(11)14-12/h4-9H,1-3H3. The number of hydrogen-bond donors (Lipinski definition) is 0. The zero-order valence-electron chi connectivity index (χ0n) is 8.91. The zero-order chi connectivity index (χ0) is 10.1. The van der Waals surface area contributed by atoms with Crippen molar-refractivity contribution in [2.24, 2.45) is 0 Å². The Balaban J connectivity index is 2.67. The first kappa shape index (κ1) is 9.20. The molecule has 0 saturated carbocycles. The fourth-order valence-electron chi connectivity index (χ4n) is 1.65. The van der Waals surface area contributed by atoms with E-state index in [2.05, 4.69) is 56.1 Å². The van der Waals surface area contributed by atoms with Crippen molar-refractivity contribution in [3.05, 3.63) is 41.6 Å². The molecule has 72 valence electrons. The third-order valence-electron chi connectivity index (χ3n) is 2.56. The van der Waals surface area contributed by atoms with E-state index in [0.29, 0.717) is 5.92 Å². The normalized spacial score (nSPS) is 11.1. The number of hydrogen-bond acceptors (Lipinski definition) is 1. The molecule has 2 rings (SSSR count). The molecule has 0 aliphatic rings. The van der Waals surface area contributed by atoms with Gasteiger partial charge in [-0.1, -0.05) is 32.0 Å². The highest BCUT2D eigenvalue weighted by Crippen LogP contribution is 2.19. The summed E-state index contributed by atoms with van der Waals surface area (Å²) in [6.45, 7) is 6.47. The number of rotatable bonds is 1. The molecule has 0 fully saturated rings. The highest BCUT2D eigenvalue weighted by Gasteiger charge is 2.02. The average Bonchev–Trinajstić information content (AvgIpc) is 2.17. The fourth-order valence-corrected chi connectivity index (χ4v) is 1.65. The minimum Gasteiger partial charge on any atom is -0.253 e. The van der Waals surface area contributed by atoms with Crippen molar-refractivity contribution >= 4 is 10.9 Å². The summed E-state index contributed by atoms with van der Waals surface area (Å²) < 4.78 is 0. The van der Waals surface area contributed by atoms with Crippen LogP contribution in [-0.2, 0) is 0 Å². The Morgan fingerprint density at radius 2 is 1.86 bits per heavy atom. The fraction of sp³-hybridized carbons (Fsp3) is 0.308. The van der Waals surface area contributed by atoms with E-state index in [1.807, 2.05) is 0 Å². The number of benzene rings is 1. The second kappa shape index (κ2) is 3.41. The van der Waals surface area contributed by atoms with Crippen LogP contribution in [0.5, 0.6) is 0 Å².